The zero-order chi connectivity index (χ0) is 12.9. The van der Waals surface area contributed by atoms with Gasteiger partial charge in [0, 0.05) is 32.1 Å². The number of nitrogens with one attached hydrogen (secondary N) is 1. The van der Waals surface area contributed by atoms with Crippen LogP contribution in [0, 0.1) is 5.92 Å². The summed E-state index contributed by atoms with van der Waals surface area (Å²) in [6, 6.07) is 0.104. The topological polar surface area (TPSA) is 35.5 Å². The number of nitrogens with zero attached hydrogens (tertiary/aromatic N) is 1. The maximum Gasteiger partial charge on any atom is 0.389 e. The number of likely N-dealkylation sites (tertiary alicyclic amines) is 1. The first kappa shape index (κ1) is 14.7. The number of aliphatic hydroxyl groups excluding tert-OH is 1. The molecule has 0 bridgehead atoms. The van der Waals surface area contributed by atoms with E-state index >= 15 is 0 Å². The van der Waals surface area contributed by atoms with Crippen molar-refractivity contribution < 1.29 is 18.3 Å². The maximum absolute atomic E-state index is 12.4. The molecule has 0 amide bonds. The van der Waals surface area contributed by atoms with Crippen LogP contribution < -0.4 is 5.32 Å². The summed E-state index contributed by atoms with van der Waals surface area (Å²) in [5, 5.41) is 12.1. The summed E-state index contributed by atoms with van der Waals surface area (Å²) in [5.74, 6) is -0.362. The zero-order valence-electron chi connectivity index (χ0n) is 10.1. The smallest absolute Gasteiger partial charge is 0.389 e. The SMILES string of the molecule is CCNC1CC(CC(F)(F)F)CN(CCO)C1. The van der Waals surface area contributed by atoms with Crippen LogP contribution in [0.4, 0.5) is 13.2 Å². The molecule has 1 aliphatic rings. The average Bonchev–Trinajstić information content (AvgIpc) is 2.15. The van der Waals surface area contributed by atoms with E-state index in [2.05, 4.69) is 5.32 Å². The fourth-order valence-corrected chi connectivity index (χ4v) is 2.54. The number of alkyl halides is 3. The van der Waals surface area contributed by atoms with E-state index in [0.29, 0.717) is 19.5 Å². The van der Waals surface area contributed by atoms with E-state index < -0.39 is 12.6 Å². The molecular formula is C11H21F3N2O. The molecule has 6 heteroatoms. The first-order valence-corrected chi connectivity index (χ1v) is 6.08. The Balaban J connectivity index is 2.52. The van der Waals surface area contributed by atoms with Gasteiger partial charge in [0.2, 0.25) is 0 Å². The van der Waals surface area contributed by atoms with Crippen molar-refractivity contribution in [3.8, 4) is 0 Å². The van der Waals surface area contributed by atoms with Crippen LogP contribution in [-0.4, -0.2) is 55.0 Å². The van der Waals surface area contributed by atoms with E-state index in [9.17, 15) is 13.2 Å². The van der Waals surface area contributed by atoms with E-state index in [0.717, 1.165) is 13.1 Å². The van der Waals surface area contributed by atoms with E-state index in [-0.39, 0.29) is 18.6 Å². The monoisotopic (exact) mass is 254 g/mol. The van der Waals surface area contributed by atoms with Crippen LogP contribution in [0.2, 0.25) is 0 Å². The van der Waals surface area contributed by atoms with Gasteiger partial charge in [-0.1, -0.05) is 6.92 Å². The van der Waals surface area contributed by atoms with E-state index in [1.54, 1.807) is 0 Å². The number of hydrogen-bond donors (Lipinski definition) is 2. The highest BCUT2D eigenvalue weighted by molar-refractivity contribution is 4.84. The van der Waals surface area contributed by atoms with E-state index in [4.69, 9.17) is 5.11 Å². The number of β-amino-alcohol motifs (C(OH)–C–C–N with tert-alkyl or cyclic N) is 1. The molecule has 2 unspecified atom stereocenters. The van der Waals surface area contributed by atoms with E-state index in [1.807, 2.05) is 11.8 Å². The number of rotatable bonds is 5. The Labute approximate surface area is 100.0 Å². The fraction of sp³-hybridized carbons (Fsp3) is 1.00. The summed E-state index contributed by atoms with van der Waals surface area (Å²) in [4.78, 5) is 1.91. The average molecular weight is 254 g/mol. The van der Waals surface area contributed by atoms with Gasteiger partial charge in [-0.3, -0.25) is 4.90 Å². The molecule has 0 aromatic carbocycles. The second-order valence-electron chi connectivity index (χ2n) is 4.66. The standard InChI is InChI=1S/C11H21F3N2O/c1-2-15-10-5-9(6-11(12,13)14)7-16(8-10)3-4-17/h9-10,15,17H,2-8H2,1H3. The first-order chi connectivity index (χ1) is 7.94. The molecule has 0 aliphatic carbocycles. The van der Waals surface area contributed by atoms with Crippen LogP contribution in [-0.2, 0) is 0 Å². The second-order valence-corrected chi connectivity index (χ2v) is 4.66. The Kier molecular flexibility index (Phi) is 5.69. The van der Waals surface area contributed by atoms with Crippen molar-refractivity contribution in [1.82, 2.24) is 10.2 Å². The van der Waals surface area contributed by atoms with Gasteiger partial charge >= 0.3 is 6.18 Å². The minimum absolute atomic E-state index is 0.00240. The highest BCUT2D eigenvalue weighted by atomic mass is 19.4. The third-order valence-electron chi connectivity index (χ3n) is 3.04. The molecule has 102 valence electrons. The lowest BCUT2D eigenvalue weighted by Gasteiger charge is -2.38. The third-order valence-corrected chi connectivity index (χ3v) is 3.04. The fourth-order valence-electron chi connectivity index (χ4n) is 2.54. The summed E-state index contributed by atoms with van der Waals surface area (Å²) in [6.45, 7) is 4.32. The van der Waals surface area contributed by atoms with Gasteiger partial charge in [-0.05, 0) is 18.9 Å². The largest absolute Gasteiger partial charge is 0.395 e. The lowest BCUT2D eigenvalue weighted by atomic mass is 9.91. The highest BCUT2D eigenvalue weighted by Crippen LogP contribution is 2.30. The normalized spacial score (nSPS) is 27.4. The van der Waals surface area contributed by atoms with Gasteiger partial charge in [0.25, 0.3) is 0 Å². The third kappa shape index (κ3) is 5.70. The van der Waals surface area contributed by atoms with Crippen LogP contribution in [0.3, 0.4) is 0 Å². The van der Waals surface area contributed by atoms with Gasteiger partial charge in [-0.25, -0.2) is 0 Å². The first-order valence-electron chi connectivity index (χ1n) is 6.08. The molecule has 2 N–H and O–H groups in total. The molecule has 0 aromatic heterocycles. The Morgan fingerprint density at radius 2 is 2.06 bits per heavy atom. The van der Waals surface area contributed by atoms with Gasteiger partial charge in [-0.15, -0.1) is 0 Å². The van der Waals surface area contributed by atoms with Crippen molar-refractivity contribution in [2.75, 3.05) is 32.8 Å². The molecule has 3 nitrogen and oxygen atoms in total. The summed E-state index contributed by atoms with van der Waals surface area (Å²) in [5.41, 5.74) is 0. The quantitative estimate of drug-likeness (QED) is 0.774. The minimum atomic E-state index is -4.09. The van der Waals surface area contributed by atoms with Crippen molar-refractivity contribution in [3.05, 3.63) is 0 Å². The highest BCUT2D eigenvalue weighted by Gasteiger charge is 2.36. The van der Waals surface area contributed by atoms with Gasteiger partial charge in [0.1, 0.15) is 0 Å². The van der Waals surface area contributed by atoms with Crippen LogP contribution in [0.25, 0.3) is 0 Å². The molecule has 0 saturated carbocycles. The van der Waals surface area contributed by atoms with Gasteiger partial charge in [0.05, 0.1) is 6.61 Å². The molecule has 0 spiro atoms. The van der Waals surface area contributed by atoms with Crippen molar-refractivity contribution in [3.63, 3.8) is 0 Å². The van der Waals surface area contributed by atoms with Gasteiger partial charge in [-0.2, -0.15) is 13.2 Å². The predicted octanol–water partition coefficient (Wildman–Crippen LogP) is 1.23. The number of aliphatic hydroxyl groups is 1. The number of hydrogen-bond acceptors (Lipinski definition) is 3. The molecule has 1 fully saturated rings. The Hall–Kier alpha value is -0.330. The Morgan fingerprint density at radius 3 is 2.59 bits per heavy atom. The van der Waals surface area contributed by atoms with Gasteiger partial charge < -0.3 is 10.4 Å². The second kappa shape index (κ2) is 6.56. The van der Waals surface area contributed by atoms with Crippen LogP contribution in [0.15, 0.2) is 0 Å². The molecule has 0 radical (unpaired) electrons. The van der Waals surface area contributed by atoms with Crippen LogP contribution in [0.5, 0.6) is 0 Å². The molecule has 0 aromatic rings. The number of halogens is 3. The summed E-state index contributed by atoms with van der Waals surface area (Å²) < 4.78 is 37.1. The lowest BCUT2D eigenvalue weighted by Crippen LogP contribution is -2.50. The van der Waals surface area contributed by atoms with Crippen molar-refractivity contribution in [2.24, 2.45) is 5.92 Å². The molecular weight excluding hydrogens is 233 g/mol. The summed E-state index contributed by atoms with van der Waals surface area (Å²) in [6.07, 6.45) is -4.25. The number of likely N-dealkylation sites (N-methyl/N-ethyl adjacent to an activating group) is 1. The van der Waals surface area contributed by atoms with E-state index in [1.165, 1.54) is 0 Å². The van der Waals surface area contributed by atoms with Crippen molar-refractivity contribution in [1.29, 1.82) is 0 Å². The number of piperidine rings is 1. The Morgan fingerprint density at radius 1 is 1.35 bits per heavy atom. The summed E-state index contributed by atoms with van der Waals surface area (Å²) >= 11 is 0. The summed E-state index contributed by atoms with van der Waals surface area (Å²) in [7, 11) is 0. The molecule has 1 saturated heterocycles. The minimum Gasteiger partial charge on any atom is -0.395 e. The van der Waals surface area contributed by atoms with Gasteiger partial charge in [0.15, 0.2) is 0 Å². The zero-order valence-corrected chi connectivity index (χ0v) is 10.1. The lowest BCUT2D eigenvalue weighted by molar-refractivity contribution is -0.149. The molecule has 17 heavy (non-hydrogen) atoms. The molecule has 2 atom stereocenters. The Bertz CT molecular complexity index is 209. The molecule has 1 heterocycles. The predicted molar refractivity (Wildman–Crippen MR) is 59.8 cm³/mol. The van der Waals surface area contributed by atoms with Crippen LogP contribution in [0.1, 0.15) is 19.8 Å². The van der Waals surface area contributed by atoms with Crippen LogP contribution >= 0.6 is 0 Å². The van der Waals surface area contributed by atoms with Crippen molar-refractivity contribution >= 4 is 0 Å². The molecule has 1 aliphatic heterocycles. The molecule has 1 rings (SSSR count). The van der Waals surface area contributed by atoms with Crippen molar-refractivity contribution in [2.45, 2.75) is 32.0 Å². The maximum atomic E-state index is 12.4.